The van der Waals surface area contributed by atoms with Crippen LogP contribution in [0, 0.1) is 13.8 Å². The standard InChI is InChI=1S/C32H33F3N6O2S/c1-21(8-5-17-36-30(42)38-31-40(18-19-44-31)28-22(2)6-4-7-23(28)3)24-9-11-25(12-10-24)29-37-20-41(39-29)26-13-15-27(16-14-26)43-32(33,34)35/h4,6-7,9-16,20-21H,5,8,17-19H2,1-3H3,(H,36,42). The number of nitrogens with one attached hydrogen (secondary N) is 1. The number of amides is 2. The van der Waals surface area contributed by atoms with E-state index in [0.717, 1.165) is 47.1 Å². The van der Waals surface area contributed by atoms with Crippen molar-refractivity contribution in [3.63, 3.8) is 0 Å². The molecule has 1 unspecified atom stereocenters. The highest BCUT2D eigenvalue weighted by Crippen LogP contribution is 2.31. The number of carbonyl (C=O) groups excluding carboxylic acids is 1. The lowest BCUT2D eigenvalue weighted by Crippen LogP contribution is -2.29. The number of amidine groups is 1. The van der Waals surface area contributed by atoms with Crippen LogP contribution in [0.25, 0.3) is 17.1 Å². The SMILES string of the molecule is Cc1cccc(C)c1N1CCSC1=NC(=O)NCCCC(C)c1ccc(-c2ncn(-c3ccc(OC(F)(F)F)cc3)n2)cc1. The first kappa shape index (κ1) is 31.1. The maximum atomic E-state index is 12.6. The summed E-state index contributed by atoms with van der Waals surface area (Å²) in [5.41, 5.74) is 6.00. The number of alkyl halides is 3. The fraction of sp³-hybridized carbons (Fsp3) is 0.312. The van der Waals surface area contributed by atoms with E-state index in [0.29, 0.717) is 18.1 Å². The van der Waals surface area contributed by atoms with Gasteiger partial charge in [-0.15, -0.1) is 18.3 Å². The molecule has 1 aromatic heterocycles. The number of aromatic nitrogens is 3. The Balaban J connectivity index is 1.10. The zero-order valence-corrected chi connectivity index (χ0v) is 25.5. The van der Waals surface area contributed by atoms with Crippen molar-refractivity contribution in [2.24, 2.45) is 4.99 Å². The number of para-hydroxylation sites is 1. The van der Waals surface area contributed by atoms with Crippen molar-refractivity contribution in [2.45, 2.75) is 45.9 Å². The van der Waals surface area contributed by atoms with Gasteiger partial charge in [0.15, 0.2) is 11.0 Å². The highest BCUT2D eigenvalue weighted by Gasteiger charge is 2.31. The van der Waals surface area contributed by atoms with Crippen LogP contribution in [0.1, 0.15) is 42.4 Å². The average molecular weight is 623 g/mol. The van der Waals surface area contributed by atoms with Gasteiger partial charge in [-0.3, -0.25) is 0 Å². The zero-order valence-electron chi connectivity index (χ0n) is 24.6. The van der Waals surface area contributed by atoms with Crippen LogP contribution in [0.4, 0.5) is 23.7 Å². The van der Waals surface area contributed by atoms with E-state index in [1.54, 1.807) is 11.8 Å². The first-order valence-electron chi connectivity index (χ1n) is 14.3. The molecule has 0 radical (unpaired) electrons. The number of ether oxygens (including phenoxy) is 1. The Labute approximate surface area is 258 Å². The van der Waals surface area contributed by atoms with Gasteiger partial charge in [-0.25, -0.2) is 14.5 Å². The highest BCUT2D eigenvalue weighted by atomic mass is 32.2. The summed E-state index contributed by atoms with van der Waals surface area (Å²) < 4.78 is 42.6. The smallest absolute Gasteiger partial charge is 0.406 e. The number of rotatable bonds is 9. The van der Waals surface area contributed by atoms with Crippen LogP contribution in [0.15, 0.2) is 78.0 Å². The molecule has 230 valence electrons. The second-order valence-corrected chi connectivity index (χ2v) is 11.6. The van der Waals surface area contributed by atoms with Gasteiger partial charge >= 0.3 is 12.4 Å². The number of hydrogen-bond acceptors (Lipinski definition) is 5. The minimum atomic E-state index is -4.74. The van der Waals surface area contributed by atoms with E-state index in [4.69, 9.17) is 0 Å². The van der Waals surface area contributed by atoms with Crippen molar-refractivity contribution in [1.82, 2.24) is 20.1 Å². The predicted molar refractivity (Wildman–Crippen MR) is 168 cm³/mol. The second kappa shape index (κ2) is 13.5. The van der Waals surface area contributed by atoms with Crippen LogP contribution in [-0.4, -0.2) is 51.2 Å². The summed E-state index contributed by atoms with van der Waals surface area (Å²) in [5, 5.41) is 8.13. The monoisotopic (exact) mass is 622 g/mol. The Morgan fingerprint density at radius 3 is 2.45 bits per heavy atom. The van der Waals surface area contributed by atoms with Gasteiger partial charge in [0.2, 0.25) is 0 Å². The highest BCUT2D eigenvalue weighted by molar-refractivity contribution is 8.14. The molecule has 5 rings (SSSR count). The molecule has 1 aliphatic rings. The van der Waals surface area contributed by atoms with E-state index in [1.165, 1.54) is 46.4 Å². The molecule has 0 saturated carbocycles. The molecule has 1 saturated heterocycles. The number of aliphatic imine (C=N–C) groups is 1. The Hall–Kier alpha value is -4.32. The largest absolute Gasteiger partial charge is 0.573 e. The molecule has 12 heteroatoms. The number of halogens is 3. The van der Waals surface area contributed by atoms with Crippen LogP contribution >= 0.6 is 11.8 Å². The van der Waals surface area contributed by atoms with Crippen molar-refractivity contribution in [3.8, 4) is 22.8 Å². The Morgan fingerprint density at radius 2 is 1.77 bits per heavy atom. The lowest BCUT2D eigenvalue weighted by atomic mass is 9.95. The van der Waals surface area contributed by atoms with Crippen molar-refractivity contribution in [1.29, 1.82) is 0 Å². The van der Waals surface area contributed by atoms with Crippen LogP contribution < -0.4 is 15.0 Å². The van der Waals surface area contributed by atoms with Crippen molar-refractivity contribution in [2.75, 3.05) is 23.7 Å². The van der Waals surface area contributed by atoms with Crippen LogP contribution in [0.3, 0.4) is 0 Å². The van der Waals surface area contributed by atoms with Crippen molar-refractivity contribution < 1.29 is 22.7 Å². The molecule has 2 amide bonds. The Morgan fingerprint density at radius 1 is 1.07 bits per heavy atom. The summed E-state index contributed by atoms with van der Waals surface area (Å²) >= 11 is 1.60. The maximum Gasteiger partial charge on any atom is 0.573 e. The summed E-state index contributed by atoms with van der Waals surface area (Å²) in [6.45, 7) is 7.67. The molecule has 8 nitrogen and oxygen atoms in total. The fourth-order valence-corrected chi connectivity index (χ4v) is 6.05. The van der Waals surface area contributed by atoms with Crippen molar-refractivity contribution >= 4 is 28.6 Å². The third-order valence-corrected chi connectivity index (χ3v) is 8.29. The minimum absolute atomic E-state index is 0.278. The topological polar surface area (TPSA) is 84.6 Å². The van der Waals surface area contributed by atoms with Gasteiger partial charge in [0.05, 0.1) is 5.69 Å². The van der Waals surface area contributed by atoms with Crippen LogP contribution in [0.5, 0.6) is 5.75 Å². The lowest BCUT2D eigenvalue weighted by Gasteiger charge is -2.22. The molecule has 0 aliphatic carbocycles. The lowest BCUT2D eigenvalue weighted by molar-refractivity contribution is -0.274. The molecule has 1 aliphatic heterocycles. The van der Waals surface area contributed by atoms with E-state index in [-0.39, 0.29) is 17.7 Å². The van der Waals surface area contributed by atoms with Gasteiger partial charge in [-0.2, -0.15) is 4.99 Å². The normalized spacial score (nSPS) is 15.0. The predicted octanol–water partition coefficient (Wildman–Crippen LogP) is 7.65. The number of anilines is 1. The number of benzene rings is 3. The van der Waals surface area contributed by atoms with E-state index < -0.39 is 6.36 Å². The average Bonchev–Trinajstić information content (AvgIpc) is 3.65. The van der Waals surface area contributed by atoms with Gasteiger partial charge in [-0.05, 0) is 73.6 Å². The number of hydrogen-bond donors (Lipinski definition) is 1. The number of nitrogens with zero attached hydrogens (tertiary/aromatic N) is 5. The fourth-order valence-electron chi connectivity index (χ4n) is 5.11. The number of thioether (sulfide) groups is 1. The van der Waals surface area contributed by atoms with Gasteiger partial charge in [0.25, 0.3) is 0 Å². The Bertz CT molecular complexity index is 1600. The molecule has 4 aromatic rings. The molecular formula is C32H33F3N6O2S. The molecule has 0 bridgehead atoms. The first-order chi connectivity index (χ1) is 21.1. The minimum Gasteiger partial charge on any atom is -0.406 e. The van der Waals surface area contributed by atoms with Crippen molar-refractivity contribution in [3.05, 3.63) is 89.7 Å². The summed E-state index contributed by atoms with van der Waals surface area (Å²) in [6.07, 6.45) is -1.53. The summed E-state index contributed by atoms with van der Waals surface area (Å²) in [4.78, 5) is 23.4. The number of carbonyl (C=O) groups is 1. The van der Waals surface area contributed by atoms with Gasteiger partial charge < -0.3 is 15.0 Å². The van der Waals surface area contributed by atoms with Gasteiger partial charge in [-0.1, -0.05) is 61.2 Å². The van der Waals surface area contributed by atoms with Gasteiger partial charge in [0.1, 0.15) is 12.1 Å². The van der Waals surface area contributed by atoms with Gasteiger partial charge in [0, 0.05) is 30.1 Å². The molecule has 44 heavy (non-hydrogen) atoms. The molecule has 2 heterocycles. The van der Waals surface area contributed by atoms with Crippen LogP contribution in [-0.2, 0) is 0 Å². The van der Waals surface area contributed by atoms with Crippen LogP contribution in [0.2, 0.25) is 0 Å². The van der Waals surface area contributed by atoms with E-state index in [2.05, 4.69) is 62.9 Å². The molecular weight excluding hydrogens is 589 g/mol. The summed E-state index contributed by atoms with van der Waals surface area (Å²) in [7, 11) is 0. The summed E-state index contributed by atoms with van der Waals surface area (Å²) in [5.74, 6) is 1.37. The Kier molecular flexibility index (Phi) is 9.58. The molecule has 1 fully saturated rings. The molecule has 0 spiro atoms. The van der Waals surface area contributed by atoms with E-state index in [9.17, 15) is 18.0 Å². The number of urea groups is 1. The van der Waals surface area contributed by atoms with E-state index in [1.807, 2.05) is 30.3 Å². The van der Waals surface area contributed by atoms with E-state index >= 15 is 0 Å². The molecule has 3 aromatic carbocycles. The summed E-state index contributed by atoms with van der Waals surface area (Å²) in [6, 6.07) is 19.3. The number of aryl methyl sites for hydroxylation is 2. The first-order valence-corrected chi connectivity index (χ1v) is 15.3. The molecule has 1 N–H and O–H groups in total. The maximum absolute atomic E-state index is 12.6. The molecule has 1 atom stereocenters. The third kappa shape index (κ3) is 7.79. The second-order valence-electron chi connectivity index (χ2n) is 10.6. The zero-order chi connectivity index (χ0) is 31.3. The third-order valence-electron chi connectivity index (χ3n) is 7.34. The quantitative estimate of drug-likeness (QED) is 0.193.